The van der Waals surface area contributed by atoms with Crippen LogP contribution < -0.4 is 20.5 Å². The maximum absolute atomic E-state index is 11.8. The summed E-state index contributed by atoms with van der Waals surface area (Å²) in [5.74, 6) is -0.0885. The zero-order chi connectivity index (χ0) is 21.2. The number of rotatable bonds is 6. The molecule has 1 heterocycles. The molecule has 150 valence electrons. The van der Waals surface area contributed by atoms with Gasteiger partial charge < -0.3 is 20.5 Å². The Morgan fingerprint density at radius 3 is 2.43 bits per heavy atom. The minimum absolute atomic E-state index is 0.108. The number of hydrogen-bond acceptors (Lipinski definition) is 7. The average Bonchev–Trinajstić information content (AvgIpc) is 2.63. The Bertz CT molecular complexity index is 819. The fraction of sp³-hybridized carbons (Fsp3) is 0.278. The quantitative estimate of drug-likeness (QED) is 0.722. The number of aldehydes is 1. The normalized spacial score (nSPS) is 10.3. The van der Waals surface area contributed by atoms with Gasteiger partial charge in [-0.15, -0.1) is 13.2 Å². The SMILES string of the molecule is CCOc1nc(C=O)cc(N)c1C#N.CNCc1ccc(OC(F)(F)F)cc1. The standard InChI is InChI=1S/C9H10F3NO.C9H9N3O2/c1-13-6-7-2-4-8(5-3-7)14-9(10,11)12;1-2-14-9-7(4-10)8(11)3-6(5-13)12-9/h2-5,13H,6H2,1H3;3,5H,2H2,1H3,(H2,11,12). The van der Waals surface area contributed by atoms with Crippen LogP contribution in [0.15, 0.2) is 30.3 Å². The fourth-order valence-electron chi connectivity index (χ4n) is 1.99. The van der Waals surface area contributed by atoms with E-state index in [1.807, 2.05) is 6.07 Å². The first-order valence-electron chi connectivity index (χ1n) is 8.01. The van der Waals surface area contributed by atoms with Gasteiger partial charge in [0.15, 0.2) is 6.29 Å². The second-order valence-corrected chi connectivity index (χ2v) is 5.20. The smallest absolute Gasteiger partial charge is 0.477 e. The molecule has 28 heavy (non-hydrogen) atoms. The Hall–Kier alpha value is -3.32. The molecule has 0 aliphatic rings. The maximum Gasteiger partial charge on any atom is 0.573 e. The van der Waals surface area contributed by atoms with E-state index in [1.165, 1.54) is 18.2 Å². The minimum Gasteiger partial charge on any atom is -0.477 e. The molecule has 0 aliphatic carbocycles. The molecule has 0 radical (unpaired) electrons. The monoisotopic (exact) mass is 396 g/mol. The summed E-state index contributed by atoms with van der Waals surface area (Å²) in [7, 11) is 1.76. The van der Waals surface area contributed by atoms with E-state index < -0.39 is 6.36 Å². The van der Waals surface area contributed by atoms with Crippen molar-refractivity contribution in [3.63, 3.8) is 0 Å². The van der Waals surface area contributed by atoms with E-state index in [-0.39, 0.29) is 28.6 Å². The highest BCUT2D eigenvalue weighted by Gasteiger charge is 2.30. The number of anilines is 1. The van der Waals surface area contributed by atoms with Gasteiger partial charge >= 0.3 is 6.36 Å². The van der Waals surface area contributed by atoms with Crippen molar-refractivity contribution >= 4 is 12.0 Å². The van der Waals surface area contributed by atoms with Gasteiger partial charge in [-0.2, -0.15) is 5.26 Å². The summed E-state index contributed by atoms with van der Waals surface area (Å²) in [5, 5.41) is 11.6. The van der Waals surface area contributed by atoms with E-state index in [0.717, 1.165) is 5.56 Å². The Morgan fingerprint density at radius 2 is 1.96 bits per heavy atom. The summed E-state index contributed by atoms with van der Waals surface area (Å²) >= 11 is 0. The van der Waals surface area contributed by atoms with Gasteiger partial charge in [-0.1, -0.05) is 12.1 Å². The number of halogens is 3. The first-order chi connectivity index (χ1) is 13.2. The lowest BCUT2D eigenvalue weighted by Gasteiger charge is -2.08. The molecule has 0 atom stereocenters. The topological polar surface area (TPSA) is 110 Å². The number of hydrogen-bond donors (Lipinski definition) is 2. The van der Waals surface area contributed by atoms with Crippen molar-refractivity contribution in [2.45, 2.75) is 19.8 Å². The van der Waals surface area contributed by atoms with Crippen LogP contribution >= 0.6 is 0 Å². The maximum atomic E-state index is 11.8. The lowest BCUT2D eigenvalue weighted by Crippen LogP contribution is -2.17. The van der Waals surface area contributed by atoms with Gasteiger partial charge in [0.05, 0.1) is 12.3 Å². The number of pyridine rings is 1. The number of nitrogens with zero attached hydrogens (tertiary/aromatic N) is 2. The molecule has 0 unspecified atom stereocenters. The molecule has 1 aromatic heterocycles. The van der Waals surface area contributed by atoms with Gasteiger partial charge in [0.25, 0.3) is 0 Å². The number of nitrogens with one attached hydrogen (secondary N) is 1. The predicted molar refractivity (Wildman–Crippen MR) is 95.8 cm³/mol. The van der Waals surface area contributed by atoms with Crippen molar-refractivity contribution in [1.82, 2.24) is 10.3 Å². The number of nitrogen functional groups attached to an aromatic ring is 1. The van der Waals surface area contributed by atoms with Crippen LogP contribution in [0.2, 0.25) is 0 Å². The number of alkyl halides is 3. The van der Waals surface area contributed by atoms with Gasteiger partial charge in [0, 0.05) is 6.54 Å². The van der Waals surface area contributed by atoms with Gasteiger partial charge in [-0.05, 0) is 37.7 Å². The largest absolute Gasteiger partial charge is 0.573 e. The summed E-state index contributed by atoms with van der Waals surface area (Å²) in [6, 6.07) is 8.96. The number of nitriles is 1. The number of carbonyl (C=O) groups excluding carboxylic acids is 1. The zero-order valence-corrected chi connectivity index (χ0v) is 15.2. The van der Waals surface area contributed by atoms with Gasteiger partial charge in [-0.3, -0.25) is 4.79 Å². The number of nitrogens with two attached hydrogens (primary N) is 1. The highest BCUT2D eigenvalue weighted by molar-refractivity contribution is 5.76. The Kier molecular flexibility index (Phi) is 8.71. The third kappa shape index (κ3) is 7.51. The summed E-state index contributed by atoms with van der Waals surface area (Å²) in [5.41, 5.74) is 6.97. The van der Waals surface area contributed by atoms with Crippen molar-refractivity contribution in [3.05, 3.63) is 47.2 Å². The van der Waals surface area contributed by atoms with E-state index in [0.29, 0.717) is 19.4 Å². The Morgan fingerprint density at radius 1 is 1.32 bits per heavy atom. The first kappa shape index (κ1) is 22.7. The van der Waals surface area contributed by atoms with Crippen LogP contribution in [-0.4, -0.2) is 31.3 Å². The van der Waals surface area contributed by atoms with E-state index >= 15 is 0 Å². The molecule has 2 rings (SSSR count). The van der Waals surface area contributed by atoms with E-state index in [9.17, 15) is 18.0 Å². The molecule has 3 N–H and O–H groups in total. The van der Waals surface area contributed by atoms with E-state index in [4.69, 9.17) is 15.7 Å². The summed E-state index contributed by atoms with van der Waals surface area (Å²) in [4.78, 5) is 14.3. The van der Waals surface area contributed by atoms with Gasteiger partial charge in [-0.25, -0.2) is 4.98 Å². The molecule has 0 amide bonds. The van der Waals surface area contributed by atoms with Crippen LogP contribution in [0.1, 0.15) is 28.5 Å². The summed E-state index contributed by atoms with van der Waals surface area (Å²) in [6.07, 6.45) is -4.06. The highest BCUT2D eigenvalue weighted by atomic mass is 19.4. The van der Waals surface area contributed by atoms with Gasteiger partial charge in [0.1, 0.15) is 23.1 Å². The third-order valence-electron chi connectivity index (χ3n) is 3.09. The van der Waals surface area contributed by atoms with Gasteiger partial charge in [0.2, 0.25) is 5.88 Å². The highest BCUT2D eigenvalue weighted by Crippen LogP contribution is 2.23. The molecule has 7 nitrogen and oxygen atoms in total. The molecule has 0 spiro atoms. The number of carbonyl (C=O) groups is 1. The lowest BCUT2D eigenvalue weighted by molar-refractivity contribution is -0.274. The second-order valence-electron chi connectivity index (χ2n) is 5.20. The lowest BCUT2D eigenvalue weighted by atomic mass is 10.2. The molecule has 0 aliphatic heterocycles. The van der Waals surface area contributed by atoms with Crippen molar-refractivity contribution in [1.29, 1.82) is 5.26 Å². The molecular weight excluding hydrogens is 377 g/mol. The van der Waals surface area contributed by atoms with Crippen LogP contribution in [0.4, 0.5) is 18.9 Å². The van der Waals surface area contributed by atoms with Crippen LogP contribution in [0.5, 0.6) is 11.6 Å². The molecule has 0 bridgehead atoms. The van der Waals surface area contributed by atoms with Crippen LogP contribution in [0, 0.1) is 11.3 Å². The van der Waals surface area contributed by atoms with Crippen LogP contribution in [0.25, 0.3) is 0 Å². The summed E-state index contributed by atoms with van der Waals surface area (Å²) in [6.45, 7) is 2.74. The molecule has 10 heteroatoms. The number of aromatic nitrogens is 1. The molecular formula is C18H19F3N4O3. The van der Waals surface area contributed by atoms with E-state index in [2.05, 4.69) is 15.0 Å². The Labute approximate surface area is 159 Å². The number of ether oxygens (including phenoxy) is 2. The Balaban J connectivity index is 0.000000280. The second kappa shape index (κ2) is 10.7. The van der Waals surface area contributed by atoms with Crippen LogP contribution in [-0.2, 0) is 6.54 Å². The average molecular weight is 396 g/mol. The molecule has 0 saturated carbocycles. The molecule has 0 saturated heterocycles. The summed E-state index contributed by atoms with van der Waals surface area (Å²) < 4.78 is 44.1. The predicted octanol–water partition coefficient (Wildman–Crippen LogP) is 3.05. The minimum atomic E-state index is -4.62. The van der Waals surface area contributed by atoms with Crippen molar-refractivity contribution in [2.24, 2.45) is 0 Å². The van der Waals surface area contributed by atoms with Crippen molar-refractivity contribution in [3.8, 4) is 17.7 Å². The molecule has 1 aromatic carbocycles. The first-order valence-corrected chi connectivity index (χ1v) is 8.01. The fourth-order valence-corrected chi connectivity index (χ4v) is 1.99. The van der Waals surface area contributed by atoms with Crippen molar-refractivity contribution < 1.29 is 27.4 Å². The molecule has 2 aromatic rings. The van der Waals surface area contributed by atoms with E-state index in [1.54, 1.807) is 26.1 Å². The number of benzene rings is 1. The third-order valence-corrected chi connectivity index (χ3v) is 3.09. The van der Waals surface area contributed by atoms with Crippen molar-refractivity contribution in [2.75, 3.05) is 19.4 Å². The van der Waals surface area contributed by atoms with Crippen LogP contribution in [0.3, 0.4) is 0 Å². The molecule has 0 fully saturated rings. The zero-order valence-electron chi connectivity index (χ0n) is 15.2.